The first-order valence-corrected chi connectivity index (χ1v) is 8.97. The lowest BCUT2D eigenvalue weighted by Gasteiger charge is -2.40. The van der Waals surface area contributed by atoms with Gasteiger partial charge < -0.3 is 16.0 Å². The molecular formula is C19H30N4O2. The van der Waals surface area contributed by atoms with Gasteiger partial charge >= 0.3 is 0 Å². The van der Waals surface area contributed by atoms with E-state index in [4.69, 9.17) is 5.73 Å². The molecule has 0 bridgehead atoms. The third-order valence-corrected chi connectivity index (χ3v) is 4.72. The molecule has 138 valence electrons. The van der Waals surface area contributed by atoms with Gasteiger partial charge in [-0.15, -0.1) is 0 Å². The predicted octanol–water partition coefficient (Wildman–Crippen LogP) is 0.819. The monoisotopic (exact) mass is 346 g/mol. The molecule has 0 saturated carbocycles. The van der Waals surface area contributed by atoms with E-state index < -0.39 is 6.04 Å². The van der Waals surface area contributed by atoms with Crippen molar-refractivity contribution < 1.29 is 9.59 Å². The number of piperazine rings is 1. The molecule has 1 aromatic rings. The van der Waals surface area contributed by atoms with Crippen molar-refractivity contribution in [3.05, 3.63) is 35.9 Å². The molecule has 1 unspecified atom stereocenters. The molecule has 1 aliphatic heterocycles. The first-order chi connectivity index (χ1) is 11.9. The lowest BCUT2D eigenvalue weighted by Crippen LogP contribution is -2.56. The van der Waals surface area contributed by atoms with Crippen molar-refractivity contribution >= 4 is 11.8 Å². The van der Waals surface area contributed by atoms with Crippen LogP contribution in [0.4, 0.5) is 0 Å². The van der Waals surface area contributed by atoms with Crippen LogP contribution in [0.15, 0.2) is 30.3 Å². The van der Waals surface area contributed by atoms with Crippen molar-refractivity contribution in [3.63, 3.8) is 0 Å². The Balaban J connectivity index is 1.80. The zero-order valence-electron chi connectivity index (χ0n) is 15.4. The van der Waals surface area contributed by atoms with E-state index in [2.05, 4.69) is 29.3 Å². The molecule has 0 aliphatic carbocycles. The molecule has 2 amide bonds. The topological polar surface area (TPSA) is 78.7 Å². The van der Waals surface area contributed by atoms with Gasteiger partial charge in [0, 0.05) is 32.2 Å². The molecule has 2 atom stereocenters. The highest BCUT2D eigenvalue weighted by molar-refractivity contribution is 5.87. The first-order valence-electron chi connectivity index (χ1n) is 8.97. The summed E-state index contributed by atoms with van der Waals surface area (Å²) in [6, 6.07) is 9.90. The van der Waals surface area contributed by atoms with Gasteiger partial charge in [-0.1, -0.05) is 44.2 Å². The Hall–Kier alpha value is -1.92. The highest BCUT2D eigenvalue weighted by atomic mass is 16.2. The van der Waals surface area contributed by atoms with Gasteiger partial charge in [-0.25, -0.2) is 0 Å². The van der Waals surface area contributed by atoms with Crippen molar-refractivity contribution in [2.24, 2.45) is 11.7 Å². The zero-order chi connectivity index (χ0) is 18.4. The number of carbonyl (C=O) groups excluding carboxylic acids is 2. The summed E-state index contributed by atoms with van der Waals surface area (Å²) in [6.45, 7) is 9.09. The molecule has 1 aromatic carbocycles. The van der Waals surface area contributed by atoms with E-state index in [1.54, 1.807) is 0 Å². The highest BCUT2D eigenvalue weighted by Crippen LogP contribution is 2.13. The molecule has 25 heavy (non-hydrogen) atoms. The lowest BCUT2D eigenvalue weighted by atomic mass is 10.1. The van der Waals surface area contributed by atoms with Gasteiger partial charge in [0.2, 0.25) is 11.8 Å². The SMILES string of the molecule is CC(C)[C@H](N)C(=O)NCC(=O)N1CCN(Cc2ccccc2)CC1C. The molecule has 1 saturated heterocycles. The maximum atomic E-state index is 12.4. The van der Waals surface area contributed by atoms with E-state index in [0.717, 1.165) is 19.6 Å². The van der Waals surface area contributed by atoms with Gasteiger partial charge in [-0.3, -0.25) is 14.5 Å². The maximum Gasteiger partial charge on any atom is 0.242 e. The minimum atomic E-state index is -0.576. The number of nitrogens with one attached hydrogen (secondary N) is 1. The molecule has 0 spiro atoms. The summed E-state index contributed by atoms with van der Waals surface area (Å²) in [5.41, 5.74) is 7.08. The first kappa shape index (κ1) is 19.4. The number of hydrogen-bond acceptors (Lipinski definition) is 4. The van der Waals surface area contributed by atoms with E-state index in [1.165, 1.54) is 5.56 Å². The fourth-order valence-electron chi connectivity index (χ4n) is 3.07. The Morgan fingerprint density at radius 2 is 1.92 bits per heavy atom. The van der Waals surface area contributed by atoms with Crippen molar-refractivity contribution in [3.8, 4) is 0 Å². The summed E-state index contributed by atoms with van der Waals surface area (Å²) in [5, 5.41) is 2.66. The number of nitrogens with two attached hydrogens (primary N) is 1. The van der Waals surface area contributed by atoms with Gasteiger partial charge in [-0.05, 0) is 18.4 Å². The summed E-state index contributed by atoms with van der Waals surface area (Å²) < 4.78 is 0. The van der Waals surface area contributed by atoms with Gasteiger partial charge in [0.15, 0.2) is 0 Å². The second kappa shape index (κ2) is 8.97. The standard InChI is InChI=1S/C19H30N4O2/c1-14(2)18(20)19(25)21-11-17(24)23-10-9-22(12-15(23)3)13-16-7-5-4-6-8-16/h4-8,14-15,18H,9-13,20H2,1-3H3,(H,21,25)/t15?,18-/m0/s1. The van der Waals surface area contributed by atoms with Crippen LogP contribution < -0.4 is 11.1 Å². The van der Waals surface area contributed by atoms with Crippen LogP contribution in [0.2, 0.25) is 0 Å². The van der Waals surface area contributed by atoms with E-state index in [9.17, 15) is 9.59 Å². The smallest absolute Gasteiger partial charge is 0.242 e. The average molecular weight is 346 g/mol. The molecule has 6 heteroatoms. The van der Waals surface area contributed by atoms with Gasteiger partial charge in [0.05, 0.1) is 12.6 Å². The second-order valence-corrected chi connectivity index (χ2v) is 7.14. The molecular weight excluding hydrogens is 316 g/mol. The second-order valence-electron chi connectivity index (χ2n) is 7.14. The van der Waals surface area contributed by atoms with Crippen LogP contribution in [-0.2, 0) is 16.1 Å². The normalized spacial score (nSPS) is 19.7. The van der Waals surface area contributed by atoms with Crippen LogP contribution in [0.1, 0.15) is 26.3 Å². The van der Waals surface area contributed by atoms with Crippen LogP contribution in [0.3, 0.4) is 0 Å². The Bertz CT molecular complexity index is 576. The summed E-state index contributed by atoms with van der Waals surface area (Å²) >= 11 is 0. The molecule has 6 nitrogen and oxygen atoms in total. The fraction of sp³-hybridized carbons (Fsp3) is 0.579. The Morgan fingerprint density at radius 1 is 1.24 bits per heavy atom. The van der Waals surface area contributed by atoms with Crippen LogP contribution in [0.5, 0.6) is 0 Å². The average Bonchev–Trinajstić information content (AvgIpc) is 2.59. The third kappa shape index (κ3) is 5.54. The van der Waals surface area contributed by atoms with Crippen LogP contribution in [0.25, 0.3) is 0 Å². The van der Waals surface area contributed by atoms with E-state index in [0.29, 0.717) is 6.54 Å². The van der Waals surface area contributed by atoms with Crippen LogP contribution in [0, 0.1) is 5.92 Å². The number of rotatable bonds is 6. The van der Waals surface area contributed by atoms with Crippen LogP contribution >= 0.6 is 0 Å². The Morgan fingerprint density at radius 3 is 2.52 bits per heavy atom. The molecule has 0 aromatic heterocycles. The zero-order valence-corrected chi connectivity index (χ0v) is 15.4. The van der Waals surface area contributed by atoms with Crippen molar-refractivity contribution in [2.75, 3.05) is 26.2 Å². The molecule has 2 rings (SSSR count). The van der Waals surface area contributed by atoms with Crippen LogP contribution in [-0.4, -0.2) is 59.9 Å². The lowest BCUT2D eigenvalue weighted by molar-refractivity contribution is -0.137. The largest absolute Gasteiger partial charge is 0.346 e. The highest BCUT2D eigenvalue weighted by Gasteiger charge is 2.28. The van der Waals surface area contributed by atoms with Crippen molar-refractivity contribution in [1.82, 2.24) is 15.1 Å². The summed E-state index contributed by atoms with van der Waals surface area (Å²) in [5.74, 6) is -0.259. The van der Waals surface area contributed by atoms with E-state index in [1.807, 2.05) is 36.9 Å². The number of nitrogens with zero attached hydrogens (tertiary/aromatic N) is 2. The number of benzene rings is 1. The number of hydrogen-bond donors (Lipinski definition) is 2. The van der Waals surface area contributed by atoms with Gasteiger partial charge in [0.25, 0.3) is 0 Å². The molecule has 3 N–H and O–H groups in total. The Kier molecular flexibility index (Phi) is 6.96. The minimum Gasteiger partial charge on any atom is -0.346 e. The molecule has 1 aliphatic rings. The van der Waals surface area contributed by atoms with E-state index >= 15 is 0 Å². The van der Waals surface area contributed by atoms with Gasteiger partial charge in [-0.2, -0.15) is 0 Å². The molecule has 0 radical (unpaired) electrons. The summed E-state index contributed by atoms with van der Waals surface area (Å²) in [4.78, 5) is 28.5. The maximum absolute atomic E-state index is 12.4. The molecule has 1 fully saturated rings. The number of amides is 2. The van der Waals surface area contributed by atoms with Gasteiger partial charge in [0.1, 0.15) is 0 Å². The Labute approximate surface area is 150 Å². The predicted molar refractivity (Wildman–Crippen MR) is 98.7 cm³/mol. The van der Waals surface area contributed by atoms with E-state index in [-0.39, 0.29) is 30.3 Å². The summed E-state index contributed by atoms with van der Waals surface area (Å²) in [6.07, 6.45) is 0. The van der Waals surface area contributed by atoms with Crippen molar-refractivity contribution in [1.29, 1.82) is 0 Å². The summed E-state index contributed by atoms with van der Waals surface area (Å²) in [7, 11) is 0. The third-order valence-electron chi connectivity index (χ3n) is 4.72. The fourth-order valence-corrected chi connectivity index (χ4v) is 3.07. The van der Waals surface area contributed by atoms with Crippen molar-refractivity contribution in [2.45, 2.75) is 39.4 Å². The quantitative estimate of drug-likeness (QED) is 0.799. The minimum absolute atomic E-state index is 0.0161. The number of carbonyl (C=O) groups is 2. The molecule has 1 heterocycles.